The van der Waals surface area contributed by atoms with Crippen LogP contribution in [-0.4, -0.2) is 31.1 Å². The molecule has 0 radical (unpaired) electrons. The highest BCUT2D eigenvalue weighted by molar-refractivity contribution is 7.89. The normalized spacial score (nSPS) is 13.2. The van der Waals surface area contributed by atoms with Crippen LogP contribution < -0.4 is 4.72 Å². The van der Waals surface area contributed by atoms with Crippen LogP contribution in [0.4, 0.5) is 5.69 Å². The maximum absolute atomic E-state index is 12.3. The molecule has 7 nitrogen and oxygen atoms in total. The lowest BCUT2D eigenvalue weighted by atomic mass is 10.2. The van der Waals surface area contributed by atoms with Gasteiger partial charge in [0.2, 0.25) is 10.0 Å². The molecule has 0 bridgehead atoms. The maximum atomic E-state index is 12.3. The molecule has 0 saturated heterocycles. The van der Waals surface area contributed by atoms with Crippen LogP contribution in [0, 0.1) is 17.0 Å². The van der Waals surface area contributed by atoms with Crippen LogP contribution >= 0.6 is 0 Å². The summed E-state index contributed by atoms with van der Waals surface area (Å²) < 4.78 is 27.1. The standard InChI is InChI=1S/C12H18N2O5S/c1-3-10(7-8-15)13-20(18,19)12-9(2)5-4-6-11(12)14(16)17/h4-6,10,13,15H,3,7-8H2,1-2H3. The summed E-state index contributed by atoms with van der Waals surface area (Å²) in [5, 5.41) is 19.9. The van der Waals surface area contributed by atoms with E-state index in [-0.39, 0.29) is 17.9 Å². The molecule has 1 atom stereocenters. The van der Waals surface area contributed by atoms with Gasteiger partial charge in [-0.2, -0.15) is 0 Å². The van der Waals surface area contributed by atoms with Crippen molar-refractivity contribution in [3.8, 4) is 0 Å². The van der Waals surface area contributed by atoms with Crippen LogP contribution in [0.2, 0.25) is 0 Å². The van der Waals surface area contributed by atoms with Crippen LogP contribution in [0.3, 0.4) is 0 Å². The van der Waals surface area contributed by atoms with Crippen molar-refractivity contribution in [3.05, 3.63) is 33.9 Å². The number of benzene rings is 1. The fourth-order valence-corrected chi connectivity index (χ4v) is 3.66. The van der Waals surface area contributed by atoms with Gasteiger partial charge in [-0.3, -0.25) is 10.1 Å². The fourth-order valence-electron chi connectivity index (χ4n) is 1.91. The summed E-state index contributed by atoms with van der Waals surface area (Å²) in [5.74, 6) is 0. The molecule has 20 heavy (non-hydrogen) atoms. The lowest BCUT2D eigenvalue weighted by Crippen LogP contribution is -2.35. The smallest absolute Gasteiger partial charge is 0.289 e. The Hall–Kier alpha value is -1.51. The lowest BCUT2D eigenvalue weighted by molar-refractivity contribution is -0.387. The molecule has 0 aliphatic rings. The van der Waals surface area contributed by atoms with E-state index in [1.807, 2.05) is 0 Å². The minimum absolute atomic E-state index is 0.156. The summed E-state index contributed by atoms with van der Waals surface area (Å²) in [6.45, 7) is 3.13. The molecule has 0 aliphatic carbocycles. The predicted molar refractivity (Wildman–Crippen MR) is 73.9 cm³/mol. The van der Waals surface area contributed by atoms with Gasteiger partial charge in [0.25, 0.3) is 5.69 Å². The third-order valence-corrected chi connectivity index (χ3v) is 4.66. The third kappa shape index (κ3) is 3.75. The SMILES string of the molecule is CCC(CCO)NS(=O)(=O)c1c(C)cccc1[N+](=O)[O-]. The van der Waals surface area contributed by atoms with E-state index in [0.29, 0.717) is 12.0 Å². The van der Waals surface area contributed by atoms with Crippen molar-refractivity contribution in [1.82, 2.24) is 4.72 Å². The first-order valence-corrected chi connectivity index (χ1v) is 7.69. The molecule has 1 aromatic rings. The molecule has 112 valence electrons. The lowest BCUT2D eigenvalue weighted by Gasteiger charge is -2.16. The maximum Gasteiger partial charge on any atom is 0.289 e. The number of aliphatic hydroxyl groups is 1. The summed E-state index contributed by atoms with van der Waals surface area (Å²) in [6.07, 6.45) is 0.745. The first-order chi connectivity index (χ1) is 9.33. The second-order valence-electron chi connectivity index (χ2n) is 4.42. The molecule has 1 aromatic carbocycles. The summed E-state index contributed by atoms with van der Waals surface area (Å²) in [7, 11) is -4.00. The summed E-state index contributed by atoms with van der Waals surface area (Å²) in [4.78, 5) is 9.94. The molecule has 0 aromatic heterocycles. The number of nitro groups is 1. The van der Waals surface area contributed by atoms with Gasteiger partial charge in [-0.1, -0.05) is 19.1 Å². The van der Waals surface area contributed by atoms with Crippen LogP contribution in [0.1, 0.15) is 25.3 Å². The Bertz CT molecular complexity index is 586. The average Bonchev–Trinajstić information content (AvgIpc) is 2.37. The van der Waals surface area contributed by atoms with Crippen molar-refractivity contribution in [1.29, 1.82) is 0 Å². The van der Waals surface area contributed by atoms with Crippen molar-refractivity contribution in [2.24, 2.45) is 0 Å². The van der Waals surface area contributed by atoms with Gasteiger partial charge in [0.15, 0.2) is 4.90 Å². The Morgan fingerprint density at radius 2 is 2.10 bits per heavy atom. The van der Waals surface area contributed by atoms with E-state index in [9.17, 15) is 18.5 Å². The average molecular weight is 302 g/mol. The molecule has 0 aliphatic heterocycles. The first-order valence-electron chi connectivity index (χ1n) is 6.20. The van der Waals surface area contributed by atoms with E-state index in [0.717, 1.165) is 6.07 Å². The van der Waals surface area contributed by atoms with Gasteiger partial charge < -0.3 is 5.11 Å². The number of aliphatic hydroxyl groups excluding tert-OH is 1. The highest BCUT2D eigenvalue weighted by Crippen LogP contribution is 2.27. The number of rotatable bonds is 7. The van der Waals surface area contributed by atoms with Gasteiger partial charge in [0, 0.05) is 18.7 Å². The van der Waals surface area contributed by atoms with Crippen molar-refractivity contribution in [3.63, 3.8) is 0 Å². The van der Waals surface area contributed by atoms with Gasteiger partial charge in [0.1, 0.15) is 0 Å². The highest BCUT2D eigenvalue weighted by atomic mass is 32.2. The number of nitrogens with zero attached hydrogens (tertiary/aromatic N) is 1. The van der Waals surface area contributed by atoms with Gasteiger partial charge >= 0.3 is 0 Å². The molecule has 8 heteroatoms. The van der Waals surface area contributed by atoms with Crippen molar-refractivity contribution in [2.45, 2.75) is 37.6 Å². The Kier molecular flexibility index (Phi) is 5.61. The summed E-state index contributed by atoms with van der Waals surface area (Å²) in [5.41, 5.74) is -0.137. The van der Waals surface area contributed by atoms with Gasteiger partial charge in [-0.05, 0) is 25.3 Å². The van der Waals surface area contributed by atoms with Crippen molar-refractivity contribution in [2.75, 3.05) is 6.61 Å². The monoisotopic (exact) mass is 302 g/mol. The van der Waals surface area contributed by atoms with E-state index in [2.05, 4.69) is 4.72 Å². The quantitative estimate of drug-likeness (QED) is 0.583. The number of aryl methyl sites for hydroxylation is 1. The number of sulfonamides is 1. The van der Waals surface area contributed by atoms with Gasteiger partial charge in [0.05, 0.1) is 4.92 Å². The predicted octanol–water partition coefficient (Wildman–Crippen LogP) is 1.34. The molecular formula is C12H18N2O5S. The zero-order valence-electron chi connectivity index (χ0n) is 11.4. The molecule has 2 N–H and O–H groups in total. The minimum atomic E-state index is -4.00. The molecular weight excluding hydrogens is 284 g/mol. The van der Waals surface area contributed by atoms with Gasteiger partial charge in [-0.25, -0.2) is 13.1 Å². The molecule has 0 spiro atoms. The summed E-state index contributed by atoms with van der Waals surface area (Å²) in [6, 6.07) is 3.66. The second kappa shape index (κ2) is 6.78. The fraction of sp³-hybridized carbons (Fsp3) is 0.500. The van der Waals surface area contributed by atoms with E-state index in [4.69, 9.17) is 5.11 Å². The topological polar surface area (TPSA) is 110 Å². The molecule has 0 saturated carbocycles. The Labute approximate surface area is 117 Å². The Balaban J connectivity index is 3.25. The van der Waals surface area contributed by atoms with Crippen molar-refractivity contribution >= 4 is 15.7 Å². The molecule has 0 amide bonds. The highest BCUT2D eigenvalue weighted by Gasteiger charge is 2.29. The number of hydrogen-bond donors (Lipinski definition) is 2. The van der Waals surface area contributed by atoms with Gasteiger partial charge in [-0.15, -0.1) is 0 Å². The van der Waals surface area contributed by atoms with E-state index in [1.165, 1.54) is 19.1 Å². The second-order valence-corrected chi connectivity index (χ2v) is 6.07. The van der Waals surface area contributed by atoms with Crippen LogP contribution in [0.5, 0.6) is 0 Å². The Morgan fingerprint density at radius 3 is 2.60 bits per heavy atom. The molecule has 1 unspecified atom stereocenters. The summed E-state index contributed by atoms with van der Waals surface area (Å²) >= 11 is 0. The third-order valence-electron chi connectivity index (χ3n) is 2.95. The zero-order chi connectivity index (χ0) is 15.3. The molecule has 0 fully saturated rings. The molecule has 1 rings (SSSR count). The van der Waals surface area contributed by atoms with E-state index in [1.54, 1.807) is 6.92 Å². The minimum Gasteiger partial charge on any atom is -0.396 e. The van der Waals surface area contributed by atoms with Crippen LogP contribution in [0.15, 0.2) is 23.1 Å². The first kappa shape index (κ1) is 16.5. The number of nitro benzene ring substituents is 1. The number of hydrogen-bond acceptors (Lipinski definition) is 5. The van der Waals surface area contributed by atoms with Crippen molar-refractivity contribution < 1.29 is 18.4 Å². The number of nitrogens with one attached hydrogen (secondary N) is 1. The van der Waals surface area contributed by atoms with E-state index < -0.39 is 26.7 Å². The van der Waals surface area contributed by atoms with Crippen LogP contribution in [-0.2, 0) is 10.0 Å². The Morgan fingerprint density at radius 1 is 1.45 bits per heavy atom. The van der Waals surface area contributed by atoms with E-state index >= 15 is 0 Å². The van der Waals surface area contributed by atoms with Crippen LogP contribution in [0.25, 0.3) is 0 Å². The molecule has 0 heterocycles. The zero-order valence-corrected chi connectivity index (χ0v) is 12.2. The largest absolute Gasteiger partial charge is 0.396 e.